The minimum Gasteiger partial charge on any atom is -0.494 e. The average molecular weight is 320 g/mol. The molecule has 1 rings (SSSR count). The molecule has 1 aromatic carbocycles. The lowest BCUT2D eigenvalue weighted by atomic mass is 9.76. The summed E-state index contributed by atoms with van der Waals surface area (Å²) in [4.78, 5) is 23.0. The lowest BCUT2D eigenvalue weighted by Gasteiger charge is -2.11. The predicted octanol–water partition coefficient (Wildman–Crippen LogP) is 1.73. The minimum atomic E-state index is -1.72. The van der Waals surface area contributed by atoms with Gasteiger partial charge in [0.15, 0.2) is 5.78 Å². The van der Waals surface area contributed by atoms with Gasteiger partial charge in [-0.1, -0.05) is 13.8 Å². The van der Waals surface area contributed by atoms with E-state index in [1.54, 1.807) is 6.07 Å². The highest BCUT2D eigenvalue weighted by atomic mass is 16.5. The summed E-state index contributed by atoms with van der Waals surface area (Å²) in [6, 6.07) is 4.62. The smallest absolute Gasteiger partial charge is 0.489 e. The third-order valence-electron chi connectivity index (χ3n) is 3.44. The van der Waals surface area contributed by atoms with Gasteiger partial charge in [-0.25, -0.2) is 0 Å². The molecule has 0 fully saturated rings. The van der Waals surface area contributed by atoms with Gasteiger partial charge in [0, 0.05) is 18.4 Å². The van der Waals surface area contributed by atoms with Gasteiger partial charge < -0.3 is 14.8 Å². The van der Waals surface area contributed by atoms with Gasteiger partial charge >= 0.3 is 7.12 Å². The molecule has 0 unspecified atom stereocenters. The van der Waals surface area contributed by atoms with Crippen molar-refractivity contribution >= 4 is 24.1 Å². The van der Waals surface area contributed by atoms with Crippen molar-refractivity contribution in [2.45, 2.75) is 46.5 Å². The van der Waals surface area contributed by atoms with Gasteiger partial charge in [0.05, 0.1) is 6.61 Å². The molecule has 0 radical (unpaired) electrons. The summed E-state index contributed by atoms with van der Waals surface area (Å²) in [6.07, 6.45) is 2.69. The van der Waals surface area contributed by atoms with Crippen LogP contribution in [0, 0.1) is 5.92 Å². The topological polar surface area (TPSA) is 83.8 Å². The average Bonchev–Trinajstić information content (AvgIpc) is 2.45. The van der Waals surface area contributed by atoms with Gasteiger partial charge in [-0.05, 0) is 49.3 Å². The molecule has 2 N–H and O–H groups in total. The van der Waals surface area contributed by atoms with E-state index in [0.717, 1.165) is 12.8 Å². The van der Waals surface area contributed by atoms with E-state index in [4.69, 9.17) is 4.74 Å². The van der Waals surface area contributed by atoms with Crippen LogP contribution in [0.5, 0.6) is 5.75 Å². The van der Waals surface area contributed by atoms with Gasteiger partial charge in [0.1, 0.15) is 11.5 Å². The molecule has 0 heterocycles. The summed E-state index contributed by atoms with van der Waals surface area (Å²) < 4.78 is 5.55. The standard InChI is InChI=1S/C17H25BO5/c1-12(2)10-14(20)6-4-5-9-23-15-7-8-16(13(3)19)17(11-15)18(21)22/h7-8,11-12,21-22H,4-6,9-10H2,1-3H3. The Hall–Kier alpha value is -1.66. The van der Waals surface area contributed by atoms with Crippen LogP contribution in [0.3, 0.4) is 0 Å². The molecule has 0 bridgehead atoms. The van der Waals surface area contributed by atoms with Crippen LogP contribution < -0.4 is 10.2 Å². The van der Waals surface area contributed by atoms with Gasteiger partial charge in [0.2, 0.25) is 0 Å². The van der Waals surface area contributed by atoms with Crippen molar-refractivity contribution in [3.63, 3.8) is 0 Å². The number of carbonyl (C=O) groups excluding carboxylic acids is 2. The molecule has 6 heteroatoms. The van der Waals surface area contributed by atoms with Crippen LogP contribution in [0.1, 0.15) is 56.8 Å². The maximum Gasteiger partial charge on any atom is 0.489 e. The third kappa shape index (κ3) is 6.97. The Morgan fingerprint density at radius 1 is 1.22 bits per heavy atom. The molecular formula is C17H25BO5. The second kappa shape index (κ2) is 9.48. The molecule has 0 atom stereocenters. The van der Waals surface area contributed by atoms with E-state index in [2.05, 4.69) is 0 Å². The van der Waals surface area contributed by atoms with Crippen molar-refractivity contribution < 1.29 is 24.4 Å². The van der Waals surface area contributed by atoms with Crippen LogP contribution in [0.4, 0.5) is 0 Å². The summed E-state index contributed by atoms with van der Waals surface area (Å²) >= 11 is 0. The zero-order chi connectivity index (χ0) is 17.4. The monoisotopic (exact) mass is 320 g/mol. The lowest BCUT2D eigenvalue weighted by molar-refractivity contribution is -0.119. The maximum absolute atomic E-state index is 11.6. The van der Waals surface area contributed by atoms with Crippen molar-refractivity contribution in [3.05, 3.63) is 23.8 Å². The highest BCUT2D eigenvalue weighted by Crippen LogP contribution is 2.13. The Morgan fingerprint density at radius 2 is 1.91 bits per heavy atom. The van der Waals surface area contributed by atoms with E-state index < -0.39 is 7.12 Å². The first kappa shape index (κ1) is 19.4. The first-order valence-electron chi connectivity index (χ1n) is 7.96. The fraction of sp³-hybridized carbons (Fsp3) is 0.529. The number of benzene rings is 1. The largest absolute Gasteiger partial charge is 0.494 e. The van der Waals surface area contributed by atoms with Crippen LogP contribution in [0.25, 0.3) is 0 Å². The summed E-state index contributed by atoms with van der Waals surface area (Å²) in [5, 5.41) is 18.7. The van der Waals surface area contributed by atoms with Crippen molar-refractivity contribution in [2.24, 2.45) is 5.92 Å². The molecule has 0 amide bonds. The Bertz CT molecular complexity index is 540. The fourth-order valence-electron chi connectivity index (χ4n) is 2.34. The molecule has 1 aromatic rings. The highest BCUT2D eigenvalue weighted by Gasteiger charge is 2.19. The summed E-state index contributed by atoms with van der Waals surface area (Å²) in [6.45, 7) is 5.86. The maximum atomic E-state index is 11.6. The van der Waals surface area contributed by atoms with E-state index in [9.17, 15) is 19.6 Å². The van der Waals surface area contributed by atoms with Gasteiger partial charge in [-0.3, -0.25) is 9.59 Å². The fourth-order valence-corrected chi connectivity index (χ4v) is 2.34. The number of rotatable bonds is 10. The highest BCUT2D eigenvalue weighted by molar-refractivity contribution is 6.60. The van der Waals surface area contributed by atoms with E-state index in [1.165, 1.54) is 19.1 Å². The number of ketones is 2. The molecule has 0 aliphatic rings. The Kier molecular flexibility index (Phi) is 7.99. The SMILES string of the molecule is CC(=O)c1ccc(OCCCCC(=O)CC(C)C)cc1B(O)O. The van der Waals surface area contributed by atoms with Crippen molar-refractivity contribution in [3.8, 4) is 5.75 Å². The Morgan fingerprint density at radius 3 is 2.48 bits per heavy atom. The number of Topliss-reactive ketones (excluding diaryl/α,β-unsaturated/α-hetero) is 2. The Labute approximate surface area is 137 Å². The number of hydrogen-bond acceptors (Lipinski definition) is 5. The molecule has 5 nitrogen and oxygen atoms in total. The van der Waals surface area contributed by atoms with Crippen LogP contribution in [0.2, 0.25) is 0 Å². The van der Waals surface area contributed by atoms with Gasteiger partial charge in [-0.15, -0.1) is 0 Å². The Balaban J connectivity index is 2.45. The molecule has 0 aromatic heterocycles. The third-order valence-corrected chi connectivity index (χ3v) is 3.44. The summed E-state index contributed by atoms with van der Waals surface area (Å²) in [5.41, 5.74) is 0.411. The summed E-state index contributed by atoms with van der Waals surface area (Å²) in [7, 11) is -1.72. The van der Waals surface area contributed by atoms with Crippen LogP contribution in [-0.2, 0) is 4.79 Å². The molecule has 23 heavy (non-hydrogen) atoms. The van der Waals surface area contributed by atoms with Crippen LogP contribution in [-0.4, -0.2) is 35.3 Å². The van der Waals surface area contributed by atoms with Crippen LogP contribution in [0.15, 0.2) is 18.2 Å². The number of ether oxygens (including phenoxy) is 1. The molecule has 0 saturated carbocycles. The first-order chi connectivity index (χ1) is 10.8. The second-order valence-corrected chi connectivity index (χ2v) is 6.12. The molecule has 0 spiro atoms. The molecular weight excluding hydrogens is 295 g/mol. The van der Waals surface area contributed by atoms with Crippen molar-refractivity contribution in [1.29, 1.82) is 0 Å². The van der Waals surface area contributed by atoms with E-state index in [1.807, 2.05) is 13.8 Å². The van der Waals surface area contributed by atoms with E-state index >= 15 is 0 Å². The quantitative estimate of drug-likeness (QED) is 0.390. The van der Waals surface area contributed by atoms with E-state index in [-0.39, 0.29) is 22.6 Å². The van der Waals surface area contributed by atoms with Crippen molar-refractivity contribution in [2.75, 3.05) is 6.61 Å². The number of unbranched alkanes of at least 4 members (excludes halogenated alkanes) is 1. The number of hydrogen-bond donors (Lipinski definition) is 2. The lowest BCUT2D eigenvalue weighted by Crippen LogP contribution is -2.34. The normalized spacial score (nSPS) is 10.7. The van der Waals surface area contributed by atoms with E-state index in [0.29, 0.717) is 31.1 Å². The molecule has 0 aliphatic carbocycles. The van der Waals surface area contributed by atoms with Crippen LogP contribution >= 0.6 is 0 Å². The minimum absolute atomic E-state index is 0.141. The zero-order valence-corrected chi connectivity index (χ0v) is 14.0. The van der Waals surface area contributed by atoms with Gasteiger partial charge in [0.25, 0.3) is 0 Å². The van der Waals surface area contributed by atoms with Gasteiger partial charge in [-0.2, -0.15) is 0 Å². The second-order valence-electron chi connectivity index (χ2n) is 6.12. The molecule has 0 saturated heterocycles. The van der Waals surface area contributed by atoms with Crippen molar-refractivity contribution in [1.82, 2.24) is 0 Å². The zero-order valence-electron chi connectivity index (χ0n) is 14.0. The number of carbonyl (C=O) groups is 2. The molecule has 126 valence electrons. The first-order valence-corrected chi connectivity index (χ1v) is 7.96. The summed E-state index contributed by atoms with van der Waals surface area (Å²) in [5.74, 6) is 0.910. The predicted molar refractivity (Wildman–Crippen MR) is 90.1 cm³/mol. The molecule has 0 aliphatic heterocycles.